The van der Waals surface area contributed by atoms with Gasteiger partial charge in [-0.05, 0) is 52.9 Å². The molecule has 102 valence electrons. The van der Waals surface area contributed by atoms with E-state index in [9.17, 15) is 14.0 Å². The van der Waals surface area contributed by atoms with Crippen molar-refractivity contribution in [3.63, 3.8) is 0 Å². The molecule has 2 aromatic rings. The topological polar surface area (TPSA) is 66.4 Å². The Morgan fingerprint density at radius 3 is 2.45 bits per heavy atom. The second kappa shape index (κ2) is 6.00. The molecule has 0 aliphatic heterocycles. The Morgan fingerprint density at radius 2 is 1.85 bits per heavy atom. The lowest BCUT2D eigenvalue weighted by Crippen LogP contribution is -2.14. The third-order valence-corrected chi connectivity index (χ3v) is 3.52. The van der Waals surface area contributed by atoms with Gasteiger partial charge in [-0.15, -0.1) is 0 Å². The Balaban J connectivity index is 2.25. The molecule has 0 fully saturated rings. The van der Waals surface area contributed by atoms with Crippen molar-refractivity contribution < 1.29 is 19.1 Å². The van der Waals surface area contributed by atoms with Crippen molar-refractivity contribution in [2.45, 2.75) is 0 Å². The van der Waals surface area contributed by atoms with Crippen LogP contribution in [0.2, 0.25) is 0 Å². The van der Waals surface area contributed by atoms with Crippen LogP contribution in [0.3, 0.4) is 0 Å². The molecule has 1 amide bonds. The molecule has 0 aliphatic carbocycles. The number of aromatic carboxylic acids is 1. The summed E-state index contributed by atoms with van der Waals surface area (Å²) in [5.41, 5.74) is 0.198. The van der Waals surface area contributed by atoms with Crippen LogP contribution in [0.15, 0.2) is 42.5 Å². The summed E-state index contributed by atoms with van der Waals surface area (Å²) >= 11 is 2.01. The number of carboxylic acids is 1. The Kier molecular flexibility index (Phi) is 4.33. The van der Waals surface area contributed by atoms with Crippen LogP contribution in [-0.2, 0) is 0 Å². The number of rotatable bonds is 3. The molecule has 2 rings (SSSR count). The van der Waals surface area contributed by atoms with E-state index in [1.165, 1.54) is 12.1 Å². The number of carbonyl (C=O) groups is 2. The first kappa shape index (κ1) is 14.4. The van der Waals surface area contributed by atoms with E-state index in [2.05, 4.69) is 5.32 Å². The van der Waals surface area contributed by atoms with Gasteiger partial charge < -0.3 is 10.4 Å². The van der Waals surface area contributed by atoms with E-state index >= 15 is 0 Å². The number of hydrogen-bond donors (Lipinski definition) is 2. The van der Waals surface area contributed by atoms with Crippen molar-refractivity contribution in [2.75, 3.05) is 5.32 Å². The molecule has 0 bridgehead atoms. The number of nitrogens with one attached hydrogen (secondary N) is 1. The summed E-state index contributed by atoms with van der Waals surface area (Å²) < 4.78 is 14.4. The predicted molar refractivity (Wildman–Crippen MR) is 80.5 cm³/mol. The van der Waals surface area contributed by atoms with Crippen LogP contribution < -0.4 is 5.32 Å². The third-order valence-electron chi connectivity index (χ3n) is 2.58. The summed E-state index contributed by atoms with van der Waals surface area (Å²) in [5, 5.41) is 11.2. The molecule has 0 heterocycles. The molecule has 20 heavy (non-hydrogen) atoms. The van der Waals surface area contributed by atoms with Gasteiger partial charge in [0.1, 0.15) is 5.82 Å². The summed E-state index contributed by atoms with van der Waals surface area (Å²) in [5.74, 6) is -2.46. The molecule has 0 atom stereocenters. The van der Waals surface area contributed by atoms with E-state index in [4.69, 9.17) is 5.11 Å². The second-order valence-corrected chi connectivity index (χ2v) is 5.10. The molecule has 0 aromatic heterocycles. The molecule has 0 spiro atoms. The van der Waals surface area contributed by atoms with Crippen LogP contribution in [0, 0.1) is 9.39 Å². The fraction of sp³-hybridized carbons (Fsp3) is 0. The van der Waals surface area contributed by atoms with Crippen molar-refractivity contribution in [1.29, 1.82) is 0 Å². The highest BCUT2D eigenvalue weighted by molar-refractivity contribution is 14.1. The molecular formula is C14H9FINO3. The normalized spacial score (nSPS) is 10.1. The Hall–Kier alpha value is -1.96. The third kappa shape index (κ3) is 3.13. The van der Waals surface area contributed by atoms with Gasteiger partial charge in [0.15, 0.2) is 0 Å². The number of amides is 1. The zero-order chi connectivity index (χ0) is 14.7. The number of carboxylic acid groups (broad SMARTS) is 1. The van der Waals surface area contributed by atoms with Gasteiger partial charge in [-0.2, -0.15) is 0 Å². The Bertz CT molecular complexity index is 688. The molecule has 0 unspecified atom stereocenters. The molecular weight excluding hydrogens is 376 g/mol. The van der Waals surface area contributed by atoms with Gasteiger partial charge in [-0.25, -0.2) is 9.18 Å². The first-order valence-corrected chi connectivity index (χ1v) is 6.65. The van der Waals surface area contributed by atoms with Gasteiger partial charge >= 0.3 is 5.97 Å². The minimum atomic E-state index is -1.22. The molecule has 6 heteroatoms. The molecule has 2 N–H and O–H groups in total. The number of hydrogen-bond acceptors (Lipinski definition) is 2. The van der Waals surface area contributed by atoms with Crippen LogP contribution in [-0.4, -0.2) is 17.0 Å². The molecule has 0 radical (unpaired) electrons. The highest BCUT2D eigenvalue weighted by Crippen LogP contribution is 2.18. The minimum absolute atomic E-state index is 0.0559. The van der Waals surface area contributed by atoms with E-state index in [1.54, 1.807) is 24.3 Å². The lowest BCUT2D eigenvalue weighted by atomic mass is 10.1. The maximum Gasteiger partial charge on any atom is 0.335 e. The molecule has 0 saturated carbocycles. The number of anilines is 1. The summed E-state index contributed by atoms with van der Waals surface area (Å²) in [4.78, 5) is 22.7. The Morgan fingerprint density at radius 1 is 1.15 bits per heavy atom. The summed E-state index contributed by atoms with van der Waals surface area (Å²) in [6, 6.07) is 10.2. The van der Waals surface area contributed by atoms with Crippen LogP contribution in [0.4, 0.5) is 10.1 Å². The molecule has 2 aromatic carbocycles. The van der Waals surface area contributed by atoms with Crippen LogP contribution in [0.25, 0.3) is 0 Å². The highest BCUT2D eigenvalue weighted by Gasteiger charge is 2.13. The minimum Gasteiger partial charge on any atom is -0.478 e. The molecule has 4 nitrogen and oxygen atoms in total. The first-order valence-electron chi connectivity index (χ1n) is 5.58. The van der Waals surface area contributed by atoms with Crippen molar-refractivity contribution >= 4 is 40.2 Å². The fourth-order valence-electron chi connectivity index (χ4n) is 1.58. The standard InChI is InChI=1S/C14H9FINO3/c15-10-7-8(14(19)20)5-6-12(10)17-13(18)9-3-1-2-4-11(9)16/h1-7H,(H,17,18)(H,19,20). The summed E-state index contributed by atoms with van der Waals surface area (Å²) in [6.45, 7) is 0. The quantitative estimate of drug-likeness (QED) is 0.797. The summed E-state index contributed by atoms with van der Waals surface area (Å²) in [6.07, 6.45) is 0. The second-order valence-electron chi connectivity index (χ2n) is 3.93. The van der Waals surface area contributed by atoms with Crippen molar-refractivity contribution in [1.82, 2.24) is 0 Å². The largest absolute Gasteiger partial charge is 0.478 e. The number of benzene rings is 2. The average molecular weight is 385 g/mol. The van der Waals surface area contributed by atoms with Gasteiger partial charge in [0.2, 0.25) is 0 Å². The van der Waals surface area contributed by atoms with Crippen LogP contribution in [0.5, 0.6) is 0 Å². The first-order chi connectivity index (χ1) is 9.49. The Labute approximate surface area is 127 Å². The predicted octanol–water partition coefficient (Wildman–Crippen LogP) is 3.38. The SMILES string of the molecule is O=C(O)c1ccc(NC(=O)c2ccccc2I)c(F)c1. The molecule has 0 saturated heterocycles. The highest BCUT2D eigenvalue weighted by atomic mass is 127. The van der Waals surface area contributed by atoms with Crippen molar-refractivity contribution in [3.8, 4) is 0 Å². The number of carbonyl (C=O) groups excluding carboxylic acids is 1. The maximum atomic E-state index is 13.7. The van der Waals surface area contributed by atoms with Crippen LogP contribution >= 0.6 is 22.6 Å². The van der Waals surface area contributed by atoms with E-state index in [0.29, 0.717) is 5.56 Å². The number of halogens is 2. The van der Waals surface area contributed by atoms with Crippen LogP contribution in [0.1, 0.15) is 20.7 Å². The average Bonchev–Trinajstić information content (AvgIpc) is 2.41. The van der Waals surface area contributed by atoms with E-state index in [-0.39, 0.29) is 11.3 Å². The monoisotopic (exact) mass is 385 g/mol. The zero-order valence-corrected chi connectivity index (χ0v) is 12.2. The lowest BCUT2D eigenvalue weighted by molar-refractivity contribution is 0.0696. The van der Waals surface area contributed by atoms with Gasteiger partial charge in [0, 0.05) is 3.57 Å². The van der Waals surface area contributed by atoms with Gasteiger partial charge in [0.05, 0.1) is 16.8 Å². The maximum absolute atomic E-state index is 13.7. The zero-order valence-electron chi connectivity index (χ0n) is 10.1. The smallest absolute Gasteiger partial charge is 0.335 e. The van der Waals surface area contributed by atoms with Crippen molar-refractivity contribution in [2.24, 2.45) is 0 Å². The van der Waals surface area contributed by atoms with Crippen molar-refractivity contribution in [3.05, 3.63) is 63.0 Å². The van der Waals surface area contributed by atoms with E-state index in [0.717, 1.165) is 9.64 Å². The lowest BCUT2D eigenvalue weighted by Gasteiger charge is -2.08. The van der Waals surface area contributed by atoms with E-state index < -0.39 is 17.7 Å². The van der Waals surface area contributed by atoms with Gasteiger partial charge in [-0.3, -0.25) is 4.79 Å². The van der Waals surface area contributed by atoms with Gasteiger partial charge in [0.25, 0.3) is 5.91 Å². The van der Waals surface area contributed by atoms with Gasteiger partial charge in [-0.1, -0.05) is 12.1 Å². The van der Waals surface area contributed by atoms with E-state index in [1.807, 2.05) is 22.6 Å². The summed E-state index contributed by atoms with van der Waals surface area (Å²) in [7, 11) is 0. The molecule has 0 aliphatic rings. The fourth-order valence-corrected chi connectivity index (χ4v) is 2.22.